The normalized spacial score (nSPS) is 11.4. The topological polar surface area (TPSA) is 24.1 Å². The Hall–Kier alpha value is -1.62. The molecular formula is C42H18F12I6N2S2. The molecule has 2 aliphatic heterocycles. The van der Waals surface area contributed by atoms with Crippen LogP contribution in [0.25, 0.3) is 0 Å². The molecule has 0 spiro atoms. The molecule has 0 saturated heterocycles. The van der Waals surface area contributed by atoms with Crippen LogP contribution in [0.4, 0.5) is 75.4 Å². The summed E-state index contributed by atoms with van der Waals surface area (Å²) in [5.41, 5.74) is 4.82. The van der Waals surface area contributed by atoms with Gasteiger partial charge in [0.25, 0.3) is 0 Å². The maximum Gasteiger partial charge on any atom is 0.176 e. The van der Waals surface area contributed by atoms with Crippen molar-refractivity contribution in [2.24, 2.45) is 0 Å². The van der Waals surface area contributed by atoms with Crippen molar-refractivity contribution in [1.82, 2.24) is 0 Å². The van der Waals surface area contributed by atoms with Crippen molar-refractivity contribution in [3.63, 3.8) is 0 Å². The Labute approximate surface area is 447 Å². The number of para-hydroxylation sites is 4. The lowest BCUT2D eigenvalue weighted by Crippen LogP contribution is -2.02. The van der Waals surface area contributed by atoms with Crippen molar-refractivity contribution in [1.29, 1.82) is 0 Å². The van der Waals surface area contributed by atoms with Gasteiger partial charge in [0.2, 0.25) is 0 Å². The lowest BCUT2D eigenvalue weighted by Gasteiger charge is -2.19. The number of hydrogen-bond donors (Lipinski definition) is 2. The van der Waals surface area contributed by atoms with Gasteiger partial charge in [0.1, 0.15) is 0 Å². The van der Waals surface area contributed by atoms with Crippen LogP contribution in [-0.2, 0) is 0 Å². The average Bonchev–Trinajstić information content (AvgIpc) is 3.32. The summed E-state index contributed by atoms with van der Waals surface area (Å²) in [7, 11) is 0. The first kappa shape index (κ1) is 53.3. The molecular weight excluding hydrogens is 1590 g/mol. The van der Waals surface area contributed by atoms with Crippen molar-refractivity contribution >= 4 is 182 Å². The number of anilines is 4. The predicted molar refractivity (Wildman–Crippen MR) is 276 cm³/mol. The Morgan fingerprint density at radius 3 is 0.547 bits per heavy atom. The Morgan fingerprint density at radius 2 is 0.391 bits per heavy atom. The highest BCUT2D eigenvalue weighted by molar-refractivity contribution is 14.1. The molecule has 334 valence electrons. The summed E-state index contributed by atoms with van der Waals surface area (Å²) in [6.07, 6.45) is 0. The summed E-state index contributed by atoms with van der Waals surface area (Å²) < 4.78 is 148. The van der Waals surface area contributed by atoms with Crippen LogP contribution in [0.1, 0.15) is 0 Å². The van der Waals surface area contributed by atoms with E-state index in [1.165, 1.54) is 178 Å². The van der Waals surface area contributed by atoms with Gasteiger partial charge in [-0.15, -0.1) is 0 Å². The molecule has 2 aliphatic rings. The first-order valence-corrected chi connectivity index (χ1v) is 25.1. The van der Waals surface area contributed by atoms with Crippen LogP contribution < -0.4 is 10.6 Å². The molecule has 0 aliphatic carbocycles. The van der Waals surface area contributed by atoms with Gasteiger partial charge in [-0.25, -0.2) is 52.7 Å². The quantitative estimate of drug-likeness (QED) is 0.0684. The van der Waals surface area contributed by atoms with Gasteiger partial charge in [0, 0.05) is 19.6 Å². The zero-order valence-corrected chi connectivity index (χ0v) is 45.4. The Morgan fingerprint density at radius 1 is 0.250 bits per heavy atom. The van der Waals surface area contributed by atoms with Crippen molar-refractivity contribution in [2.45, 2.75) is 19.6 Å². The minimum atomic E-state index is -1.35. The number of fused-ring (bicyclic) bond motifs is 4. The molecule has 0 radical (unpaired) electrons. The van der Waals surface area contributed by atoms with E-state index in [1.807, 2.05) is 23.5 Å². The number of rotatable bonds is 0. The molecule has 0 unspecified atom stereocenters. The zero-order chi connectivity index (χ0) is 47.2. The van der Waals surface area contributed by atoms with Crippen molar-refractivity contribution in [3.8, 4) is 0 Å². The predicted octanol–water partition coefficient (Wildman–Crippen LogP) is 18.1. The van der Waals surface area contributed by atoms with E-state index in [4.69, 9.17) is 0 Å². The fourth-order valence-electron chi connectivity index (χ4n) is 4.90. The molecule has 0 saturated carbocycles. The van der Waals surface area contributed by atoms with Crippen molar-refractivity contribution < 1.29 is 52.7 Å². The van der Waals surface area contributed by atoms with Gasteiger partial charge < -0.3 is 10.6 Å². The standard InChI is InChI=1S/2C12H9NS.3C6F4I2/c2*1-3-7-11-9(5-1)13-10-6-2-4-8-12(10)14-11;3*7-1-2(8)6(12)4(10)3(9)5(1)11/h2*1-8,13H;;;. The summed E-state index contributed by atoms with van der Waals surface area (Å²) in [4.78, 5) is 5.19. The second-order valence-electron chi connectivity index (χ2n) is 12.1. The summed E-state index contributed by atoms with van der Waals surface area (Å²) in [5.74, 6) is -16.2. The molecule has 7 aromatic carbocycles. The molecule has 7 aromatic rings. The molecule has 64 heavy (non-hydrogen) atoms. The molecule has 0 fully saturated rings. The molecule has 0 amide bonds. The number of halogens is 18. The largest absolute Gasteiger partial charge is 0.354 e. The van der Waals surface area contributed by atoms with E-state index in [0.717, 1.165) is 0 Å². The first-order valence-electron chi connectivity index (χ1n) is 17.0. The summed E-state index contributed by atoms with van der Waals surface area (Å²) in [6, 6.07) is 33.5. The minimum Gasteiger partial charge on any atom is -0.354 e. The van der Waals surface area contributed by atoms with Gasteiger partial charge in [0.15, 0.2) is 69.8 Å². The van der Waals surface area contributed by atoms with Crippen LogP contribution in [0.3, 0.4) is 0 Å². The molecule has 2 heterocycles. The van der Waals surface area contributed by atoms with Gasteiger partial charge in [-0.1, -0.05) is 72.1 Å². The zero-order valence-electron chi connectivity index (χ0n) is 30.9. The highest BCUT2D eigenvalue weighted by Gasteiger charge is 2.24. The molecule has 22 heteroatoms. The van der Waals surface area contributed by atoms with E-state index in [0.29, 0.717) is 0 Å². The lowest BCUT2D eigenvalue weighted by molar-refractivity contribution is 0.437. The fourth-order valence-corrected chi connectivity index (χ4v) is 9.71. The average molecular weight is 1600 g/mol. The fraction of sp³-hybridized carbons (Fsp3) is 0. The van der Waals surface area contributed by atoms with Gasteiger partial charge >= 0.3 is 0 Å². The SMILES string of the molecule is Fc1c(F)c(I)c(F)c(F)c1I.Fc1c(F)c(I)c(F)c(F)c1I.Fc1c(F)c(I)c(F)c(F)c1I.c1ccc2c(c1)Nc1ccccc1S2.c1ccc2c(c1)Nc1ccccc1S2. The maximum absolute atomic E-state index is 12.6. The van der Waals surface area contributed by atoms with E-state index in [-0.39, 0.29) is 0 Å². The maximum atomic E-state index is 12.6. The summed E-state index contributed by atoms with van der Waals surface area (Å²) >= 11 is 10.9. The van der Waals surface area contributed by atoms with Crippen molar-refractivity contribution in [3.05, 3.63) is 188 Å². The highest BCUT2D eigenvalue weighted by atomic mass is 127. The smallest absolute Gasteiger partial charge is 0.176 e. The third kappa shape index (κ3) is 12.5. The van der Waals surface area contributed by atoms with Crippen LogP contribution in [0.5, 0.6) is 0 Å². The Bertz CT molecular complexity index is 2140. The van der Waals surface area contributed by atoms with Crippen molar-refractivity contribution in [2.75, 3.05) is 10.6 Å². The van der Waals surface area contributed by atoms with Crippen LogP contribution in [-0.4, -0.2) is 0 Å². The number of benzene rings is 7. The van der Waals surface area contributed by atoms with Crippen LogP contribution in [0.2, 0.25) is 0 Å². The van der Waals surface area contributed by atoms with Gasteiger partial charge in [-0.3, -0.25) is 0 Å². The molecule has 9 rings (SSSR count). The third-order valence-electron chi connectivity index (χ3n) is 8.00. The summed E-state index contributed by atoms with van der Waals surface area (Å²) in [6.45, 7) is 0. The van der Waals surface area contributed by atoms with Gasteiger partial charge in [-0.05, 0) is 184 Å². The second-order valence-corrected chi connectivity index (χ2v) is 20.7. The van der Waals surface area contributed by atoms with E-state index in [1.54, 1.807) is 0 Å². The number of hydrogen-bond acceptors (Lipinski definition) is 4. The monoisotopic (exact) mass is 1600 g/mol. The highest BCUT2D eigenvalue weighted by Crippen LogP contribution is 2.44. The Kier molecular flexibility index (Phi) is 20.1. The molecule has 2 N–H and O–H groups in total. The van der Waals surface area contributed by atoms with E-state index < -0.39 is 91.2 Å². The summed E-state index contributed by atoms with van der Waals surface area (Å²) in [5, 5.41) is 6.84. The molecule has 0 aromatic heterocycles. The number of nitrogens with one attached hydrogen (secondary N) is 2. The Balaban J connectivity index is 0.000000151. The van der Waals surface area contributed by atoms with Gasteiger partial charge in [-0.2, -0.15) is 0 Å². The second kappa shape index (κ2) is 24.1. The van der Waals surface area contributed by atoms with Crippen LogP contribution >= 0.6 is 159 Å². The molecule has 0 atom stereocenters. The van der Waals surface area contributed by atoms with E-state index in [9.17, 15) is 52.7 Å². The van der Waals surface area contributed by atoms with Crippen LogP contribution in [0, 0.1) is 91.2 Å². The molecule has 0 bridgehead atoms. The third-order valence-corrected chi connectivity index (χ3v) is 16.0. The van der Waals surface area contributed by atoms with Crippen LogP contribution in [0.15, 0.2) is 117 Å². The van der Waals surface area contributed by atoms with Gasteiger partial charge in [0.05, 0.1) is 44.2 Å². The molecule has 2 nitrogen and oxygen atoms in total. The minimum absolute atomic E-state index is 0.664. The van der Waals surface area contributed by atoms with E-state index in [2.05, 4.69) is 108 Å². The first-order chi connectivity index (χ1) is 30.3. The lowest BCUT2D eigenvalue weighted by atomic mass is 10.2. The van der Waals surface area contributed by atoms with E-state index >= 15 is 0 Å².